The van der Waals surface area contributed by atoms with Crippen LogP contribution in [0.2, 0.25) is 0 Å². The van der Waals surface area contributed by atoms with E-state index in [4.69, 9.17) is 23.4 Å². The molecule has 0 atom stereocenters. The van der Waals surface area contributed by atoms with E-state index in [0.717, 1.165) is 6.08 Å². The van der Waals surface area contributed by atoms with Gasteiger partial charge in [0, 0.05) is 11.6 Å². The number of aryl methyl sites for hydroxylation is 1. The van der Waals surface area contributed by atoms with Crippen molar-refractivity contribution in [3.05, 3.63) is 45.5 Å². The minimum Gasteiger partial charge on any atom is -0.507 e. The molecular formula is C18H16O8. The van der Waals surface area contributed by atoms with Crippen molar-refractivity contribution < 1.29 is 33.3 Å². The van der Waals surface area contributed by atoms with Crippen LogP contribution in [-0.2, 0) is 0 Å². The second kappa shape index (κ2) is 6.83. The van der Waals surface area contributed by atoms with E-state index < -0.39 is 22.7 Å². The number of ether oxygens (including phenoxy) is 4. The quantitative estimate of drug-likeness (QED) is 0.640. The van der Waals surface area contributed by atoms with Gasteiger partial charge in [-0.1, -0.05) is 0 Å². The Morgan fingerprint density at radius 3 is 2.58 bits per heavy atom. The van der Waals surface area contributed by atoms with Crippen LogP contribution in [0.3, 0.4) is 0 Å². The molecule has 0 radical (unpaired) electrons. The standard InChI is InChI=1S/C18H16O8/c1-9-6-12(20)14(18(21)26-9)11(19)5-4-10-7-13(22-2)16-17(15(10)23-3)25-8-24-16/h4-7,20H,8H2,1-3H3. The molecule has 1 aliphatic heterocycles. The van der Waals surface area contributed by atoms with Crippen LogP contribution >= 0.6 is 0 Å². The van der Waals surface area contributed by atoms with Crippen LogP contribution in [0, 0.1) is 6.92 Å². The van der Waals surface area contributed by atoms with Gasteiger partial charge in [-0.15, -0.1) is 0 Å². The Morgan fingerprint density at radius 2 is 1.92 bits per heavy atom. The van der Waals surface area contributed by atoms with E-state index in [1.165, 1.54) is 33.3 Å². The van der Waals surface area contributed by atoms with Crippen molar-refractivity contribution in [2.75, 3.05) is 21.0 Å². The first-order chi connectivity index (χ1) is 12.5. The van der Waals surface area contributed by atoms with E-state index in [2.05, 4.69) is 0 Å². The Hall–Kier alpha value is -3.42. The van der Waals surface area contributed by atoms with Gasteiger partial charge < -0.3 is 28.5 Å². The van der Waals surface area contributed by atoms with Crippen LogP contribution in [0.25, 0.3) is 6.08 Å². The van der Waals surface area contributed by atoms with Crippen LogP contribution < -0.4 is 24.6 Å². The molecule has 2 aromatic rings. The van der Waals surface area contributed by atoms with Crippen molar-refractivity contribution in [2.24, 2.45) is 0 Å². The van der Waals surface area contributed by atoms with Crippen LogP contribution in [0.15, 0.2) is 27.4 Å². The summed E-state index contributed by atoms with van der Waals surface area (Å²) in [4.78, 5) is 24.2. The minimum atomic E-state index is -0.910. The number of hydrogen-bond acceptors (Lipinski definition) is 8. The number of carbonyl (C=O) groups is 1. The van der Waals surface area contributed by atoms with Crippen molar-refractivity contribution in [3.8, 4) is 28.7 Å². The molecule has 2 heterocycles. The molecule has 0 aliphatic carbocycles. The second-order valence-electron chi connectivity index (χ2n) is 5.37. The maximum atomic E-state index is 12.3. The van der Waals surface area contributed by atoms with Gasteiger partial charge in [0.05, 0.1) is 14.2 Å². The number of hydrogen-bond donors (Lipinski definition) is 1. The van der Waals surface area contributed by atoms with Crippen molar-refractivity contribution in [1.29, 1.82) is 0 Å². The molecule has 26 heavy (non-hydrogen) atoms. The van der Waals surface area contributed by atoms with Crippen molar-refractivity contribution in [2.45, 2.75) is 6.92 Å². The Morgan fingerprint density at radius 1 is 1.19 bits per heavy atom. The molecule has 1 aliphatic rings. The van der Waals surface area contributed by atoms with Crippen molar-refractivity contribution >= 4 is 11.9 Å². The predicted molar refractivity (Wildman–Crippen MR) is 90.4 cm³/mol. The summed E-state index contributed by atoms with van der Waals surface area (Å²) in [5.41, 5.74) is -0.885. The zero-order valence-corrected chi connectivity index (χ0v) is 14.3. The lowest BCUT2D eigenvalue weighted by atomic mass is 10.1. The summed E-state index contributed by atoms with van der Waals surface area (Å²) in [5, 5.41) is 9.85. The van der Waals surface area contributed by atoms with Gasteiger partial charge in [-0.25, -0.2) is 4.79 Å². The van der Waals surface area contributed by atoms with E-state index in [-0.39, 0.29) is 12.6 Å². The monoisotopic (exact) mass is 360 g/mol. The molecule has 1 aromatic heterocycles. The van der Waals surface area contributed by atoms with E-state index in [9.17, 15) is 14.7 Å². The van der Waals surface area contributed by atoms with Gasteiger partial charge in [0.15, 0.2) is 17.3 Å². The zero-order chi connectivity index (χ0) is 18.8. The third-order valence-corrected chi connectivity index (χ3v) is 3.73. The van der Waals surface area contributed by atoms with Gasteiger partial charge in [0.2, 0.25) is 18.3 Å². The van der Waals surface area contributed by atoms with Crippen LogP contribution in [0.4, 0.5) is 0 Å². The molecule has 8 nitrogen and oxygen atoms in total. The van der Waals surface area contributed by atoms with Gasteiger partial charge >= 0.3 is 5.63 Å². The molecule has 0 fully saturated rings. The summed E-state index contributed by atoms with van der Waals surface area (Å²) in [7, 11) is 2.92. The average Bonchev–Trinajstić information content (AvgIpc) is 3.07. The fourth-order valence-electron chi connectivity index (χ4n) is 2.59. The first-order valence-corrected chi connectivity index (χ1v) is 7.57. The van der Waals surface area contributed by atoms with Gasteiger partial charge in [0.25, 0.3) is 0 Å². The highest BCUT2D eigenvalue weighted by molar-refractivity contribution is 6.08. The average molecular weight is 360 g/mol. The maximum Gasteiger partial charge on any atom is 0.351 e. The molecule has 0 bridgehead atoms. The second-order valence-corrected chi connectivity index (χ2v) is 5.37. The number of methoxy groups -OCH3 is 2. The van der Waals surface area contributed by atoms with Crippen molar-refractivity contribution in [1.82, 2.24) is 0 Å². The minimum absolute atomic E-state index is 0.0203. The molecule has 8 heteroatoms. The topological polar surface area (TPSA) is 104 Å². The fraction of sp³-hybridized carbons (Fsp3) is 0.222. The molecule has 0 saturated carbocycles. The van der Waals surface area contributed by atoms with Gasteiger partial charge in [-0.3, -0.25) is 4.79 Å². The van der Waals surface area contributed by atoms with Gasteiger partial charge in [-0.05, 0) is 25.1 Å². The highest BCUT2D eigenvalue weighted by Crippen LogP contribution is 2.49. The Labute approximate surface area is 148 Å². The van der Waals surface area contributed by atoms with Crippen LogP contribution in [0.5, 0.6) is 28.7 Å². The molecule has 0 amide bonds. The summed E-state index contributed by atoms with van der Waals surface area (Å²) in [6.07, 6.45) is 2.55. The SMILES string of the molecule is COc1cc(C=CC(=O)c2c(O)cc(C)oc2=O)c(OC)c2c1OCO2. The summed E-state index contributed by atoms with van der Waals surface area (Å²) in [6, 6.07) is 2.81. The molecule has 1 aromatic carbocycles. The number of benzene rings is 1. The van der Waals surface area contributed by atoms with Crippen molar-refractivity contribution in [3.63, 3.8) is 0 Å². The lowest BCUT2D eigenvalue weighted by molar-refractivity contribution is 0.104. The number of carbonyl (C=O) groups excluding carboxylic acids is 1. The molecular weight excluding hydrogens is 344 g/mol. The first kappa shape index (κ1) is 17.4. The third kappa shape index (κ3) is 2.97. The molecule has 0 saturated heterocycles. The third-order valence-electron chi connectivity index (χ3n) is 3.73. The Balaban J connectivity index is 2.01. The molecule has 1 N–H and O–H groups in total. The summed E-state index contributed by atoms with van der Waals surface area (Å²) in [6.45, 7) is 1.52. The zero-order valence-electron chi connectivity index (χ0n) is 14.3. The number of ketones is 1. The fourth-order valence-corrected chi connectivity index (χ4v) is 2.59. The van der Waals surface area contributed by atoms with Crippen LogP contribution in [0.1, 0.15) is 21.7 Å². The van der Waals surface area contributed by atoms with Crippen LogP contribution in [-0.4, -0.2) is 31.9 Å². The smallest absolute Gasteiger partial charge is 0.351 e. The molecule has 0 spiro atoms. The van der Waals surface area contributed by atoms with E-state index in [1.54, 1.807) is 6.07 Å². The molecule has 3 rings (SSSR count). The number of fused-ring (bicyclic) bond motifs is 1. The first-order valence-electron chi connectivity index (χ1n) is 7.57. The van der Waals surface area contributed by atoms with Gasteiger partial charge in [0.1, 0.15) is 17.1 Å². The highest BCUT2D eigenvalue weighted by atomic mass is 16.7. The number of rotatable bonds is 5. The highest BCUT2D eigenvalue weighted by Gasteiger charge is 2.26. The predicted octanol–water partition coefficient (Wildman–Crippen LogP) is 2.30. The number of allylic oxidation sites excluding steroid dienone is 1. The Bertz CT molecular complexity index is 955. The summed E-state index contributed by atoms with van der Waals surface area (Å²) in [5.74, 6) is 0.570. The summed E-state index contributed by atoms with van der Waals surface area (Å²) >= 11 is 0. The lowest BCUT2D eigenvalue weighted by Gasteiger charge is -2.11. The molecule has 136 valence electrons. The maximum absolute atomic E-state index is 12.3. The largest absolute Gasteiger partial charge is 0.507 e. The normalized spacial score (nSPS) is 12.4. The summed E-state index contributed by atoms with van der Waals surface area (Å²) < 4.78 is 26.2. The van der Waals surface area contributed by atoms with Gasteiger partial charge in [-0.2, -0.15) is 0 Å². The van der Waals surface area contributed by atoms with E-state index >= 15 is 0 Å². The number of aromatic hydroxyl groups is 1. The van der Waals surface area contributed by atoms with E-state index in [0.29, 0.717) is 28.6 Å². The van der Waals surface area contributed by atoms with E-state index in [1.807, 2.05) is 0 Å². The Kier molecular flexibility index (Phi) is 4.57. The molecule has 0 unspecified atom stereocenters. The lowest BCUT2D eigenvalue weighted by Crippen LogP contribution is -2.13.